The van der Waals surface area contributed by atoms with Crippen LogP contribution in [-0.2, 0) is 0 Å². The zero-order valence-corrected chi connectivity index (χ0v) is 16.2. The average molecular weight is 383 g/mol. The number of fused-ring (bicyclic) bond motifs is 3. The van der Waals surface area contributed by atoms with E-state index in [0.29, 0.717) is 29.5 Å². The molecule has 148 valence electrons. The Morgan fingerprint density at radius 3 is 2.64 bits per heavy atom. The second-order valence-electron chi connectivity index (χ2n) is 7.76. The van der Waals surface area contributed by atoms with Gasteiger partial charge in [-0.25, -0.2) is 24.7 Å². The molecule has 0 saturated carbocycles. The minimum Gasteiger partial charge on any atom is -0.467 e. The largest absolute Gasteiger partial charge is 0.467 e. The number of urea groups is 1. The third kappa shape index (κ3) is 3.89. The number of aromatic nitrogens is 4. The predicted molar refractivity (Wildman–Crippen MR) is 104 cm³/mol. The predicted octanol–water partition coefficient (Wildman–Crippen LogP) is 1.80. The minimum absolute atomic E-state index is 0.130. The molecule has 3 fully saturated rings. The van der Waals surface area contributed by atoms with Gasteiger partial charge >= 0.3 is 12.0 Å². The summed E-state index contributed by atoms with van der Waals surface area (Å²) in [6, 6.07) is 1.73. The van der Waals surface area contributed by atoms with E-state index < -0.39 is 0 Å². The van der Waals surface area contributed by atoms with E-state index in [4.69, 9.17) is 4.74 Å². The van der Waals surface area contributed by atoms with Crippen molar-refractivity contribution in [1.29, 1.82) is 0 Å². The first-order chi connectivity index (χ1) is 13.6. The Hall–Kier alpha value is -2.81. The molecule has 9 heteroatoms. The molecule has 9 nitrogen and oxygen atoms in total. The number of ether oxygens (including phenoxy) is 1. The van der Waals surface area contributed by atoms with E-state index in [9.17, 15) is 4.79 Å². The Labute approximate surface area is 164 Å². The molecule has 2 aromatic rings. The Kier molecular flexibility index (Phi) is 5.08. The van der Waals surface area contributed by atoms with Crippen LogP contribution in [0.4, 0.5) is 10.6 Å². The first kappa shape index (κ1) is 18.5. The zero-order valence-electron chi connectivity index (χ0n) is 16.2. The summed E-state index contributed by atoms with van der Waals surface area (Å²) >= 11 is 0. The highest BCUT2D eigenvalue weighted by molar-refractivity contribution is 5.88. The van der Waals surface area contributed by atoms with Crippen LogP contribution in [0.15, 0.2) is 24.8 Å². The number of rotatable bonds is 5. The number of carbonyl (C=O) groups is 1. The molecule has 28 heavy (non-hydrogen) atoms. The summed E-state index contributed by atoms with van der Waals surface area (Å²) in [6.45, 7) is 6.35. The molecule has 2 aromatic heterocycles. The number of hydrogen-bond acceptors (Lipinski definition) is 7. The van der Waals surface area contributed by atoms with E-state index in [-0.39, 0.29) is 17.5 Å². The van der Waals surface area contributed by atoms with E-state index in [1.54, 1.807) is 18.5 Å². The SMILES string of the molecule is COc1ncc(-c2cc(NC(=O)NC[C@]3(C)CN4CCC3CC4)ncn2)cn1. The maximum atomic E-state index is 12.4. The molecular weight excluding hydrogens is 358 g/mol. The number of hydrogen-bond donors (Lipinski definition) is 2. The number of piperidine rings is 3. The average Bonchev–Trinajstić information content (AvgIpc) is 2.73. The number of nitrogens with one attached hydrogen (secondary N) is 2. The smallest absolute Gasteiger partial charge is 0.320 e. The van der Waals surface area contributed by atoms with Crippen LogP contribution < -0.4 is 15.4 Å². The van der Waals surface area contributed by atoms with Gasteiger partial charge in [-0.2, -0.15) is 0 Å². The van der Waals surface area contributed by atoms with Crippen LogP contribution in [0.3, 0.4) is 0 Å². The van der Waals surface area contributed by atoms with Gasteiger partial charge in [-0.05, 0) is 31.8 Å². The van der Waals surface area contributed by atoms with Crippen molar-refractivity contribution in [3.8, 4) is 17.3 Å². The monoisotopic (exact) mass is 383 g/mol. The van der Waals surface area contributed by atoms with Gasteiger partial charge in [0.25, 0.3) is 0 Å². The lowest BCUT2D eigenvalue weighted by atomic mass is 9.68. The zero-order chi connectivity index (χ0) is 19.6. The highest BCUT2D eigenvalue weighted by Gasteiger charge is 2.43. The molecule has 5 rings (SSSR count). The molecule has 3 aliphatic rings. The summed E-state index contributed by atoms with van der Waals surface area (Å²) < 4.78 is 4.96. The highest BCUT2D eigenvalue weighted by Crippen LogP contribution is 2.41. The fourth-order valence-electron chi connectivity index (χ4n) is 4.21. The Morgan fingerprint density at radius 2 is 2.00 bits per heavy atom. The van der Waals surface area contributed by atoms with Crippen molar-refractivity contribution in [2.45, 2.75) is 19.8 Å². The quantitative estimate of drug-likeness (QED) is 0.811. The summed E-state index contributed by atoms with van der Waals surface area (Å²) in [5, 5.41) is 5.82. The Balaban J connectivity index is 1.37. The van der Waals surface area contributed by atoms with Gasteiger partial charge < -0.3 is 15.0 Å². The molecule has 0 unspecified atom stereocenters. The van der Waals surface area contributed by atoms with E-state index in [1.807, 2.05) is 0 Å². The van der Waals surface area contributed by atoms with E-state index in [0.717, 1.165) is 6.54 Å². The lowest BCUT2D eigenvalue weighted by Gasteiger charge is -2.51. The first-order valence-electron chi connectivity index (χ1n) is 9.51. The molecule has 0 spiro atoms. The van der Waals surface area contributed by atoms with Crippen molar-refractivity contribution in [1.82, 2.24) is 30.2 Å². The maximum Gasteiger partial charge on any atom is 0.320 e. The van der Waals surface area contributed by atoms with Gasteiger partial charge in [-0.15, -0.1) is 0 Å². The third-order valence-corrected chi connectivity index (χ3v) is 5.83. The molecular formula is C19H25N7O2. The first-order valence-corrected chi connectivity index (χ1v) is 9.51. The topological polar surface area (TPSA) is 105 Å². The van der Waals surface area contributed by atoms with E-state index in [1.165, 1.54) is 39.4 Å². The number of methoxy groups -OCH3 is 1. The molecule has 2 N–H and O–H groups in total. The van der Waals surface area contributed by atoms with Crippen LogP contribution in [0.5, 0.6) is 6.01 Å². The molecule has 0 aliphatic carbocycles. The van der Waals surface area contributed by atoms with Crippen molar-refractivity contribution >= 4 is 11.8 Å². The molecule has 2 amide bonds. The number of amides is 2. The lowest BCUT2D eigenvalue weighted by Crippen LogP contribution is -2.57. The van der Waals surface area contributed by atoms with Crippen LogP contribution in [0.1, 0.15) is 19.8 Å². The van der Waals surface area contributed by atoms with E-state index in [2.05, 4.69) is 42.4 Å². The van der Waals surface area contributed by atoms with Crippen LogP contribution >= 0.6 is 0 Å². The summed E-state index contributed by atoms with van der Waals surface area (Å²) in [6.07, 6.45) is 7.08. The summed E-state index contributed by atoms with van der Waals surface area (Å²) in [4.78, 5) is 31.4. The molecule has 0 aromatic carbocycles. The van der Waals surface area contributed by atoms with Gasteiger partial charge in [0.2, 0.25) is 0 Å². The van der Waals surface area contributed by atoms with Gasteiger partial charge in [-0.3, -0.25) is 5.32 Å². The van der Waals surface area contributed by atoms with Gasteiger partial charge in [0.1, 0.15) is 12.1 Å². The van der Waals surface area contributed by atoms with Crippen LogP contribution in [0.25, 0.3) is 11.3 Å². The fraction of sp³-hybridized carbons (Fsp3) is 0.526. The molecule has 5 heterocycles. The standard InChI is InChI=1S/C19H25N7O2/c1-19(11-26-5-3-14(19)4-6-26)10-22-17(27)25-16-7-15(23-12-24-16)13-8-20-18(28-2)21-9-13/h7-9,12,14H,3-6,10-11H2,1-2H3,(H2,22,23,24,25,27)/t19-/m1/s1. The highest BCUT2D eigenvalue weighted by atomic mass is 16.5. The van der Waals surface area contributed by atoms with Crippen LogP contribution in [0.2, 0.25) is 0 Å². The maximum absolute atomic E-state index is 12.4. The molecule has 0 radical (unpaired) electrons. The normalized spacial score (nSPS) is 25.9. The summed E-state index contributed by atoms with van der Waals surface area (Å²) in [5.41, 5.74) is 1.47. The van der Waals surface area contributed by atoms with Crippen LogP contribution in [-0.4, -0.2) is 64.2 Å². The van der Waals surface area contributed by atoms with Crippen molar-refractivity contribution < 1.29 is 9.53 Å². The third-order valence-electron chi connectivity index (χ3n) is 5.83. The fourth-order valence-corrected chi connectivity index (χ4v) is 4.21. The Morgan fingerprint density at radius 1 is 1.25 bits per heavy atom. The second-order valence-corrected chi connectivity index (χ2v) is 7.76. The van der Waals surface area contributed by atoms with Crippen LogP contribution in [0, 0.1) is 11.3 Å². The van der Waals surface area contributed by atoms with Gasteiger partial charge in [-0.1, -0.05) is 6.92 Å². The number of nitrogens with zero attached hydrogens (tertiary/aromatic N) is 5. The molecule has 1 atom stereocenters. The summed E-state index contributed by atoms with van der Waals surface area (Å²) in [5.74, 6) is 1.11. The molecule has 2 bridgehead atoms. The Bertz CT molecular complexity index is 836. The van der Waals surface area contributed by atoms with E-state index >= 15 is 0 Å². The molecule has 3 aliphatic heterocycles. The minimum atomic E-state index is -0.256. The number of carbonyl (C=O) groups excluding carboxylic acids is 1. The molecule has 3 saturated heterocycles. The van der Waals surface area contributed by atoms with Crippen molar-refractivity contribution in [3.63, 3.8) is 0 Å². The van der Waals surface area contributed by atoms with Crippen molar-refractivity contribution in [2.75, 3.05) is 38.6 Å². The number of anilines is 1. The van der Waals surface area contributed by atoms with Gasteiger partial charge in [0.05, 0.1) is 12.8 Å². The van der Waals surface area contributed by atoms with Crippen molar-refractivity contribution in [2.24, 2.45) is 11.3 Å². The summed E-state index contributed by atoms with van der Waals surface area (Å²) in [7, 11) is 1.51. The second kappa shape index (κ2) is 7.67. The van der Waals surface area contributed by atoms with Gasteiger partial charge in [0.15, 0.2) is 0 Å². The van der Waals surface area contributed by atoms with Crippen molar-refractivity contribution in [3.05, 3.63) is 24.8 Å². The van der Waals surface area contributed by atoms with Gasteiger partial charge in [0, 0.05) is 42.5 Å². The lowest BCUT2D eigenvalue weighted by molar-refractivity contribution is -0.0140.